The summed E-state index contributed by atoms with van der Waals surface area (Å²) in [6.45, 7) is 5.59. The number of nitro groups is 1. The third-order valence-electron chi connectivity index (χ3n) is 2.66. The van der Waals surface area contributed by atoms with Gasteiger partial charge in [0.1, 0.15) is 10.7 Å². The van der Waals surface area contributed by atoms with E-state index in [4.69, 9.17) is 4.42 Å². The molecule has 16 heavy (non-hydrogen) atoms. The summed E-state index contributed by atoms with van der Waals surface area (Å²) in [6.07, 6.45) is 0. The minimum atomic E-state index is -0.510. The predicted molar refractivity (Wildman–Crippen MR) is 58.1 cm³/mol. The molecular formula is C10H15N3O3. The molecule has 1 atom stereocenters. The summed E-state index contributed by atoms with van der Waals surface area (Å²) in [4.78, 5) is 12.2. The quantitative estimate of drug-likeness (QED) is 0.613. The highest BCUT2D eigenvalue weighted by molar-refractivity contribution is 5.17. The fourth-order valence-electron chi connectivity index (χ4n) is 1.93. The Balaban J connectivity index is 1.95. The maximum absolute atomic E-state index is 10.4. The fraction of sp³-hybridized carbons (Fsp3) is 0.600. The van der Waals surface area contributed by atoms with Gasteiger partial charge in [-0.2, -0.15) is 0 Å². The Morgan fingerprint density at radius 1 is 1.69 bits per heavy atom. The summed E-state index contributed by atoms with van der Waals surface area (Å²) in [6, 6.07) is 3.53. The maximum Gasteiger partial charge on any atom is 0.433 e. The van der Waals surface area contributed by atoms with Crippen LogP contribution in [0.4, 0.5) is 5.88 Å². The van der Waals surface area contributed by atoms with Crippen LogP contribution in [0.5, 0.6) is 0 Å². The van der Waals surface area contributed by atoms with Gasteiger partial charge in [-0.25, -0.2) is 0 Å². The van der Waals surface area contributed by atoms with Crippen molar-refractivity contribution in [1.82, 2.24) is 10.2 Å². The maximum atomic E-state index is 10.4. The van der Waals surface area contributed by atoms with Gasteiger partial charge in [-0.05, 0) is 13.0 Å². The molecule has 1 aromatic rings. The number of nitrogens with zero attached hydrogens (tertiary/aromatic N) is 2. The summed E-state index contributed by atoms with van der Waals surface area (Å²) < 4.78 is 5.12. The molecule has 0 saturated carbocycles. The molecular weight excluding hydrogens is 210 g/mol. The van der Waals surface area contributed by atoms with E-state index in [1.54, 1.807) is 6.07 Å². The van der Waals surface area contributed by atoms with Gasteiger partial charge in [0.15, 0.2) is 0 Å². The summed E-state index contributed by atoms with van der Waals surface area (Å²) in [5.74, 6) is 0.471. The number of rotatable bonds is 3. The van der Waals surface area contributed by atoms with Crippen LogP contribution in [0.2, 0.25) is 0 Å². The van der Waals surface area contributed by atoms with E-state index in [1.807, 2.05) is 0 Å². The molecule has 0 aliphatic carbocycles. The van der Waals surface area contributed by atoms with Crippen molar-refractivity contribution in [2.75, 3.05) is 19.6 Å². The van der Waals surface area contributed by atoms with Crippen LogP contribution in [0, 0.1) is 10.1 Å². The molecule has 1 unspecified atom stereocenters. The van der Waals surface area contributed by atoms with E-state index in [9.17, 15) is 10.1 Å². The largest absolute Gasteiger partial charge is 0.433 e. The topological polar surface area (TPSA) is 71.5 Å². The lowest BCUT2D eigenvalue weighted by Crippen LogP contribution is -2.48. The van der Waals surface area contributed by atoms with E-state index >= 15 is 0 Å². The Morgan fingerprint density at radius 2 is 2.50 bits per heavy atom. The van der Waals surface area contributed by atoms with Crippen LogP contribution >= 0.6 is 0 Å². The van der Waals surface area contributed by atoms with Crippen molar-refractivity contribution in [3.63, 3.8) is 0 Å². The van der Waals surface area contributed by atoms with Crippen LogP contribution in [0.3, 0.4) is 0 Å². The molecule has 2 heterocycles. The van der Waals surface area contributed by atoms with Gasteiger partial charge in [-0.15, -0.1) is 0 Å². The van der Waals surface area contributed by atoms with Crippen LogP contribution in [-0.2, 0) is 6.54 Å². The Bertz CT molecular complexity index is 377. The molecule has 88 valence electrons. The van der Waals surface area contributed by atoms with E-state index < -0.39 is 4.92 Å². The molecule has 0 radical (unpaired) electrons. The Labute approximate surface area is 93.4 Å². The summed E-state index contributed by atoms with van der Waals surface area (Å²) in [5, 5.41) is 13.8. The van der Waals surface area contributed by atoms with E-state index in [1.165, 1.54) is 6.07 Å². The van der Waals surface area contributed by atoms with Crippen molar-refractivity contribution in [3.05, 3.63) is 28.0 Å². The first-order valence-corrected chi connectivity index (χ1v) is 5.34. The average Bonchev–Trinajstić information content (AvgIpc) is 2.66. The number of furan rings is 1. The van der Waals surface area contributed by atoms with E-state index in [0.717, 1.165) is 19.6 Å². The molecule has 1 N–H and O–H groups in total. The van der Waals surface area contributed by atoms with Crippen molar-refractivity contribution >= 4 is 5.88 Å². The first-order valence-electron chi connectivity index (χ1n) is 5.34. The molecule has 1 aliphatic rings. The van der Waals surface area contributed by atoms with Crippen LogP contribution in [0.25, 0.3) is 0 Å². The highest BCUT2D eigenvalue weighted by atomic mass is 16.6. The zero-order valence-corrected chi connectivity index (χ0v) is 9.18. The fourth-order valence-corrected chi connectivity index (χ4v) is 1.93. The molecule has 0 spiro atoms. The van der Waals surface area contributed by atoms with Gasteiger partial charge in [-0.1, -0.05) is 0 Å². The van der Waals surface area contributed by atoms with Gasteiger partial charge in [0, 0.05) is 25.7 Å². The summed E-state index contributed by atoms with van der Waals surface area (Å²) in [5.41, 5.74) is 0. The number of hydrogen-bond donors (Lipinski definition) is 1. The second kappa shape index (κ2) is 4.63. The predicted octanol–water partition coefficient (Wildman–Crippen LogP) is 0.982. The first-order chi connectivity index (χ1) is 7.65. The van der Waals surface area contributed by atoms with Gasteiger partial charge in [0.05, 0.1) is 12.6 Å². The summed E-state index contributed by atoms with van der Waals surface area (Å²) in [7, 11) is 0. The van der Waals surface area contributed by atoms with Gasteiger partial charge < -0.3 is 9.73 Å². The molecule has 6 nitrogen and oxygen atoms in total. The van der Waals surface area contributed by atoms with Crippen molar-refractivity contribution < 1.29 is 9.34 Å². The zero-order valence-electron chi connectivity index (χ0n) is 9.18. The van der Waals surface area contributed by atoms with Crippen LogP contribution in [0.1, 0.15) is 12.7 Å². The molecule has 2 rings (SSSR count). The van der Waals surface area contributed by atoms with Crippen LogP contribution < -0.4 is 5.32 Å². The smallest absolute Gasteiger partial charge is 0.404 e. The molecule has 1 aromatic heterocycles. The van der Waals surface area contributed by atoms with Gasteiger partial charge in [0.25, 0.3) is 0 Å². The molecule has 6 heteroatoms. The second-order valence-corrected chi connectivity index (χ2v) is 4.09. The van der Waals surface area contributed by atoms with Crippen LogP contribution in [-0.4, -0.2) is 35.5 Å². The number of hydrogen-bond acceptors (Lipinski definition) is 5. The lowest BCUT2D eigenvalue weighted by molar-refractivity contribution is -0.402. The SMILES string of the molecule is CC1CN(Cc2ccc([N+](=O)[O-])o2)CCN1. The average molecular weight is 225 g/mol. The van der Waals surface area contributed by atoms with E-state index in [-0.39, 0.29) is 5.88 Å². The third kappa shape index (κ3) is 2.59. The lowest BCUT2D eigenvalue weighted by Gasteiger charge is -2.30. The minimum absolute atomic E-state index is 0.182. The molecule has 1 aliphatic heterocycles. The van der Waals surface area contributed by atoms with Crippen molar-refractivity contribution in [1.29, 1.82) is 0 Å². The number of piperazine rings is 1. The first kappa shape index (κ1) is 11.1. The van der Waals surface area contributed by atoms with Crippen molar-refractivity contribution in [2.24, 2.45) is 0 Å². The zero-order chi connectivity index (χ0) is 11.5. The second-order valence-electron chi connectivity index (χ2n) is 4.09. The minimum Gasteiger partial charge on any atom is -0.404 e. The third-order valence-corrected chi connectivity index (χ3v) is 2.66. The lowest BCUT2D eigenvalue weighted by atomic mass is 10.2. The van der Waals surface area contributed by atoms with E-state index in [0.29, 0.717) is 18.3 Å². The Morgan fingerprint density at radius 3 is 3.12 bits per heavy atom. The normalized spacial score (nSPS) is 22.2. The highest BCUT2D eigenvalue weighted by Gasteiger charge is 2.18. The summed E-state index contributed by atoms with van der Waals surface area (Å²) >= 11 is 0. The van der Waals surface area contributed by atoms with Crippen molar-refractivity contribution in [3.8, 4) is 0 Å². The monoisotopic (exact) mass is 225 g/mol. The van der Waals surface area contributed by atoms with Crippen molar-refractivity contribution in [2.45, 2.75) is 19.5 Å². The molecule has 1 fully saturated rings. The molecule has 0 aromatic carbocycles. The highest BCUT2D eigenvalue weighted by Crippen LogP contribution is 2.17. The molecule has 0 bridgehead atoms. The Kier molecular flexibility index (Phi) is 3.21. The van der Waals surface area contributed by atoms with Gasteiger partial charge >= 0.3 is 5.88 Å². The Hall–Kier alpha value is -1.40. The van der Waals surface area contributed by atoms with Crippen LogP contribution in [0.15, 0.2) is 16.5 Å². The molecule has 1 saturated heterocycles. The van der Waals surface area contributed by atoms with Gasteiger partial charge in [0.2, 0.25) is 0 Å². The standard InChI is InChI=1S/C10H15N3O3/c1-8-6-12(5-4-11-8)7-9-2-3-10(16-9)13(14)15/h2-3,8,11H,4-7H2,1H3. The van der Waals surface area contributed by atoms with Gasteiger partial charge in [-0.3, -0.25) is 15.0 Å². The molecule has 0 amide bonds. The van der Waals surface area contributed by atoms with E-state index in [2.05, 4.69) is 17.1 Å². The number of nitrogens with one attached hydrogen (secondary N) is 1.